The summed E-state index contributed by atoms with van der Waals surface area (Å²) in [5, 5.41) is 20.4. The molecule has 1 saturated heterocycles. The Morgan fingerprint density at radius 2 is 2.21 bits per heavy atom. The maximum Gasteiger partial charge on any atom is 0.191 e. The van der Waals surface area contributed by atoms with Crippen LogP contribution in [0.2, 0.25) is 0 Å². The number of nitrogen functional groups attached to an aromatic ring is 1. The highest BCUT2D eigenvalue weighted by Gasteiger charge is 2.17. The molecule has 29 heavy (non-hydrogen) atoms. The largest absolute Gasteiger partial charge is 0.382 e. The first kappa shape index (κ1) is 20.6. The van der Waals surface area contributed by atoms with Gasteiger partial charge in [0.2, 0.25) is 0 Å². The highest BCUT2D eigenvalue weighted by atomic mass is 19.1. The number of anilines is 1. The molecule has 4 N–H and O–H groups in total. The average molecular weight is 399 g/mol. The number of nitrogens with zero attached hydrogens (tertiary/aromatic N) is 4. The third kappa shape index (κ3) is 5.23. The topological polar surface area (TPSA) is 113 Å². The van der Waals surface area contributed by atoms with Crippen LogP contribution in [0.1, 0.15) is 30.5 Å². The number of rotatable bonds is 7. The summed E-state index contributed by atoms with van der Waals surface area (Å²) >= 11 is 0. The number of aliphatic imine (C=N–C) groups is 1. The summed E-state index contributed by atoms with van der Waals surface area (Å²) < 4.78 is 20.2. The number of nitriles is 1. The van der Waals surface area contributed by atoms with Gasteiger partial charge in [0.15, 0.2) is 5.96 Å². The van der Waals surface area contributed by atoms with Gasteiger partial charge in [-0.15, -0.1) is 0 Å². The Hall–Kier alpha value is -3.12. The van der Waals surface area contributed by atoms with E-state index in [1.807, 2.05) is 0 Å². The fourth-order valence-electron chi connectivity index (χ4n) is 3.25. The molecule has 1 aliphatic heterocycles. The smallest absolute Gasteiger partial charge is 0.191 e. The number of aryl methyl sites for hydroxylation is 1. The molecular weight excluding hydrogens is 373 g/mol. The number of hydrogen-bond acceptors (Lipinski definition) is 5. The van der Waals surface area contributed by atoms with Gasteiger partial charge >= 0.3 is 0 Å². The van der Waals surface area contributed by atoms with Crippen molar-refractivity contribution in [3.8, 4) is 11.8 Å². The van der Waals surface area contributed by atoms with Gasteiger partial charge in [0, 0.05) is 26.7 Å². The van der Waals surface area contributed by atoms with E-state index in [4.69, 9.17) is 10.5 Å². The zero-order chi connectivity index (χ0) is 20.6. The minimum Gasteiger partial charge on any atom is -0.382 e. The quantitative estimate of drug-likeness (QED) is 0.371. The Balaban J connectivity index is 1.54. The minimum absolute atomic E-state index is 0.241. The summed E-state index contributed by atoms with van der Waals surface area (Å²) in [6, 6.07) is 7.95. The molecule has 0 amide bonds. The average Bonchev–Trinajstić information content (AvgIpc) is 3.36. The number of ether oxygens (including phenoxy) is 1. The predicted molar refractivity (Wildman–Crippen MR) is 109 cm³/mol. The van der Waals surface area contributed by atoms with Crippen LogP contribution in [0.25, 0.3) is 5.69 Å². The molecule has 0 bridgehead atoms. The van der Waals surface area contributed by atoms with E-state index in [0.29, 0.717) is 29.9 Å². The van der Waals surface area contributed by atoms with E-state index in [0.717, 1.165) is 38.4 Å². The summed E-state index contributed by atoms with van der Waals surface area (Å²) in [5.74, 6) is 0.640. The van der Waals surface area contributed by atoms with E-state index >= 15 is 0 Å². The number of benzene rings is 1. The summed E-state index contributed by atoms with van der Waals surface area (Å²) in [4.78, 5) is 4.21. The van der Waals surface area contributed by atoms with Gasteiger partial charge in [-0.3, -0.25) is 4.99 Å². The first-order chi connectivity index (χ1) is 14.1. The second-order valence-electron chi connectivity index (χ2n) is 6.83. The third-order valence-corrected chi connectivity index (χ3v) is 4.80. The second-order valence-corrected chi connectivity index (χ2v) is 6.83. The van der Waals surface area contributed by atoms with Crippen LogP contribution in [0.4, 0.5) is 10.2 Å². The predicted octanol–water partition coefficient (Wildman–Crippen LogP) is 1.74. The van der Waals surface area contributed by atoms with Gasteiger partial charge in [0.1, 0.15) is 23.3 Å². The van der Waals surface area contributed by atoms with Crippen LogP contribution in [0, 0.1) is 17.1 Å². The molecular formula is C20H26FN7O. The first-order valence-electron chi connectivity index (χ1n) is 9.72. The maximum atomic E-state index is 13.2. The first-order valence-corrected chi connectivity index (χ1v) is 9.72. The Morgan fingerprint density at radius 3 is 2.86 bits per heavy atom. The molecule has 2 aromatic rings. The third-order valence-electron chi connectivity index (χ3n) is 4.80. The standard InChI is InChI=1S/C20H26FN7O/c1-24-20(26-13-16-4-3-11-29-16)25-10-2-5-18-17(12-22)19(23)28(27-18)15-8-6-14(21)7-9-15/h6-9,16H,2-5,10-11,13,23H2,1H3,(H2,24,25,26). The van der Waals surface area contributed by atoms with E-state index in [9.17, 15) is 9.65 Å². The molecule has 0 radical (unpaired) electrons. The van der Waals surface area contributed by atoms with Crippen molar-refractivity contribution in [1.29, 1.82) is 5.26 Å². The highest BCUT2D eigenvalue weighted by molar-refractivity contribution is 5.79. The molecule has 1 aliphatic rings. The molecule has 2 heterocycles. The fraction of sp³-hybridized carbons (Fsp3) is 0.450. The molecule has 1 atom stereocenters. The summed E-state index contributed by atoms with van der Waals surface area (Å²) in [6.45, 7) is 2.23. The Labute approximate surface area is 169 Å². The van der Waals surface area contributed by atoms with Gasteiger partial charge in [-0.05, 0) is 49.9 Å². The Morgan fingerprint density at radius 1 is 1.41 bits per heavy atom. The number of guanidine groups is 1. The van der Waals surface area contributed by atoms with Crippen molar-refractivity contribution in [1.82, 2.24) is 20.4 Å². The van der Waals surface area contributed by atoms with Crippen molar-refractivity contribution in [2.75, 3.05) is 32.5 Å². The van der Waals surface area contributed by atoms with Gasteiger partial charge in [0.25, 0.3) is 0 Å². The molecule has 1 aromatic heterocycles. The Kier molecular flexibility index (Phi) is 7.03. The highest BCUT2D eigenvalue weighted by Crippen LogP contribution is 2.21. The molecule has 8 nitrogen and oxygen atoms in total. The van der Waals surface area contributed by atoms with Crippen molar-refractivity contribution in [2.45, 2.75) is 31.8 Å². The number of aromatic nitrogens is 2. The lowest BCUT2D eigenvalue weighted by Crippen LogP contribution is -2.41. The summed E-state index contributed by atoms with van der Waals surface area (Å²) in [5.41, 5.74) is 7.68. The van der Waals surface area contributed by atoms with Crippen molar-refractivity contribution in [2.24, 2.45) is 4.99 Å². The normalized spacial score (nSPS) is 16.6. The zero-order valence-electron chi connectivity index (χ0n) is 16.5. The van der Waals surface area contributed by atoms with Crippen LogP contribution in [0.3, 0.4) is 0 Å². The SMILES string of the molecule is CN=C(NCCCc1nn(-c2ccc(F)cc2)c(N)c1C#N)NCC1CCCO1. The lowest BCUT2D eigenvalue weighted by molar-refractivity contribution is 0.114. The zero-order valence-corrected chi connectivity index (χ0v) is 16.5. The van der Waals surface area contributed by atoms with Crippen molar-refractivity contribution in [3.05, 3.63) is 41.3 Å². The van der Waals surface area contributed by atoms with Crippen LogP contribution < -0.4 is 16.4 Å². The lowest BCUT2D eigenvalue weighted by atomic mass is 10.1. The van der Waals surface area contributed by atoms with E-state index in [2.05, 4.69) is 26.8 Å². The number of nitrogens with two attached hydrogens (primary N) is 1. The molecule has 9 heteroatoms. The number of halogens is 1. The fourth-order valence-corrected chi connectivity index (χ4v) is 3.25. The van der Waals surface area contributed by atoms with Gasteiger partial charge in [-0.2, -0.15) is 10.4 Å². The van der Waals surface area contributed by atoms with Gasteiger partial charge in [-0.1, -0.05) is 0 Å². The van der Waals surface area contributed by atoms with Crippen LogP contribution >= 0.6 is 0 Å². The monoisotopic (exact) mass is 399 g/mol. The molecule has 0 aliphatic carbocycles. The maximum absolute atomic E-state index is 13.2. The van der Waals surface area contributed by atoms with Crippen LogP contribution in [0.15, 0.2) is 29.3 Å². The molecule has 0 saturated carbocycles. The summed E-state index contributed by atoms with van der Waals surface area (Å²) in [6.07, 6.45) is 3.74. The van der Waals surface area contributed by atoms with E-state index < -0.39 is 0 Å². The van der Waals surface area contributed by atoms with Crippen LogP contribution in [-0.4, -0.2) is 48.6 Å². The van der Waals surface area contributed by atoms with Gasteiger partial charge < -0.3 is 21.1 Å². The minimum atomic E-state index is -0.340. The second kappa shape index (κ2) is 9.89. The Bertz CT molecular complexity index is 879. The molecule has 1 unspecified atom stereocenters. The molecule has 3 rings (SSSR count). The summed E-state index contributed by atoms with van der Waals surface area (Å²) in [7, 11) is 1.73. The van der Waals surface area contributed by atoms with Crippen LogP contribution in [0.5, 0.6) is 0 Å². The number of nitrogens with one attached hydrogen (secondary N) is 2. The van der Waals surface area contributed by atoms with Crippen molar-refractivity contribution >= 4 is 11.8 Å². The molecule has 154 valence electrons. The van der Waals surface area contributed by atoms with Crippen molar-refractivity contribution < 1.29 is 9.13 Å². The molecule has 1 aromatic carbocycles. The van der Waals surface area contributed by atoms with E-state index in [-0.39, 0.29) is 17.7 Å². The van der Waals surface area contributed by atoms with Crippen molar-refractivity contribution in [3.63, 3.8) is 0 Å². The molecule has 1 fully saturated rings. The van der Waals surface area contributed by atoms with Gasteiger partial charge in [-0.25, -0.2) is 9.07 Å². The van der Waals surface area contributed by atoms with Gasteiger partial charge in [0.05, 0.1) is 17.5 Å². The van der Waals surface area contributed by atoms with E-state index in [1.165, 1.54) is 16.8 Å². The lowest BCUT2D eigenvalue weighted by Gasteiger charge is -2.14. The van der Waals surface area contributed by atoms with E-state index in [1.54, 1.807) is 19.2 Å². The number of hydrogen-bond donors (Lipinski definition) is 3. The van der Waals surface area contributed by atoms with Crippen LogP contribution in [-0.2, 0) is 11.2 Å². The molecule has 0 spiro atoms.